The Morgan fingerprint density at radius 3 is 2.86 bits per heavy atom. The highest BCUT2D eigenvalue weighted by Crippen LogP contribution is 2.24. The predicted octanol–water partition coefficient (Wildman–Crippen LogP) is 2.76. The molecule has 1 aromatic heterocycles. The molecule has 14 heavy (non-hydrogen) atoms. The summed E-state index contributed by atoms with van der Waals surface area (Å²) in [4.78, 5) is 3.61. The zero-order chi connectivity index (χ0) is 10.3. The van der Waals surface area contributed by atoms with E-state index in [0.717, 1.165) is 22.2 Å². The van der Waals surface area contributed by atoms with Gasteiger partial charge in [0.15, 0.2) is 0 Å². The third kappa shape index (κ3) is 1.38. The van der Waals surface area contributed by atoms with Crippen molar-refractivity contribution in [1.82, 2.24) is 4.98 Å². The normalized spacial score (nSPS) is 10.7. The molecule has 0 bridgehead atoms. The molecule has 0 spiro atoms. The molecule has 0 aliphatic carbocycles. The summed E-state index contributed by atoms with van der Waals surface area (Å²) in [6.07, 6.45) is 0. The minimum atomic E-state index is 0.399. The molecular weight excluding hydrogens is 216 g/mol. The number of hydrogen-bond donors (Lipinski definition) is 2. The number of halogens is 1. The fourth-order valence-electron chi connectivity index (χ4n) is 1.62. The van der Waals surface area contributed by atoms with Crippen LogP contribution >= 0.6 is 23.8 Å². The van der Waals surface area contributed by atoms with Crippen molar-refractivity contribution in [2.24, 2.45) is 5.73 Å². The first kappa shape index (κ1) is 9.49. The van der Waals surface area contributed by atoms with Crippen LogP contribution < -0.4 is 5.73 Å². The maximum absolute atomic E-state index is 5.91. The predicted molar refractivity (Wildman–Crippen MR) is 63.9 cm³/mol. The molecule has 0 radical (unpaired) electrons. The Hall–Kier alpha value is -1.06. The van der Waals surface area contributed by atoms with Crippen molar-refractivity contribution in [2.45, 2.75) is 6.92 Å². The summed E-state index contributed by atoms with van der Waals surface area (Å²) in [5.74, 6) is 0. The van der Waals surface area contributed by atoms with Gasteiger partial charge >= 0.3 is 0 Å². The molecule has 0 atom stereocenters. The lowest BCUT2D eigenvalue weighted by Gasteiger charge is -1.97. The highest BCUT2D eigenvalue weighted by molar-refractivity contribution is 7.80. The van der Waals surface area contributed by atoms with Gasteiger partial charge in [-0.2, -0.15) is 0 Å². The minimum absolute atomic E-state index is 0.399. The van der Waals surface area contributed by atoms with Crippen LogP contribution in [0.25, 0.3) is 10.9 Å². The smallest absolute Gasteiger partial charge is 0.106 e. The van der Waals surface area contributed by atoms with E-state index in [-0.39, 0.29) is 0 Å². The van der Waals surface area contributed by atoms with Gasteiger partial charge in [-0.1, -0.05) is 23.8 Å². The van der Waals surface area contributed by atoms with E-state index in [4.69, 9.17) is 29.6 Å². The van der Waals surface area contributed by atoms with Gasteiger partial charge in [0.05, 0.1) is 0 Å². The maximum atomic E-state index is 5.91. The first-order chi connectivity index (χ1) is 6.59. The number of rotatable bonds is 1. The fraction of sp³-hybridized carbons (Fsp3) is 0.100. The Bertz CT molecular complexity index is 516. The van der Waals surface area contributed by atoms with E-state index >= 15 is 0 Å². The summed E-state index contributed by atoms with van der Waals surface area (Å²) < 4.78 is 0. The Labute approximate surface area is 92.1 Å². The Morgan fingerprint density at radius 1 is 1.50 bits per heavy atom. The van der Waals surface area contributed by atoms with E-state index < -0.39 is 0 Å². The van der Waals surface area contributed by atoms with Crippen LogP contribution in [-0.4, -0.2) is 9.97 Å². The van der Waals surface area contributed by atoms with Crippen molar-refractivity contribution in [1.29, 1.82) is 0 Å². The van der Waals surface area contributed by atoms with Gasteiger partial charge in [-0.05, 0) is 25.1 Å². The molecule has 72 valence electrons. The summed E-state index contributed by atoms with van der Waals surface area (Å²) in [6.45, 7) is 1.95. The third-order valence-corrected chi connectivity index (χ3v) is 2.63. The summed E-state index contributed by atoms with van der Waals surface area (Å²) in [6, 6.07) is 5.63. The lowest BCUT2D eigenvalue weighted by Crippen LogP contribution is -2.09. The molecule has 0 saturated carbocycles. The van der Waals surface area contributed by atoms with Crippen molar-refractivity contribution in [3.63, 3.8) is 0 Å². The van der Waals surface area contributed by atoms with Gasteiger partial charge in [-0.15, -0.1) is 0 Å². The van der Waals surface area contributed by atoms with Gasteiger partial charge in [-0.25, -0.2) is 0 Å². The molecular formula is C10H9ClN2S. The van der Waals surface area contributed by atoms with Crippen LogP contribution in [-0.2, 0) is 0 Å². The second kappa shape index (κ2) is 3.26. The average molecular weight is 225 g/mol. The Morgan fingerprint density at radius 2 is 2.21 bits per heavy atom. The van der Waals surface area contributed by atoms with Crippen LogP contribution in [0, 0.1) is 6.92 Å². The van der Waals surface area contributed by atoms with E-state index in [1.165, 1.54) is 0 Å². The number of hydrogen-bond acceptors (Lipinski definition) is 1. The maximum Gasteiger partial charge on any atom is 0.106 e. The Balaban J connectivity index is 2.86. The second-order valence-corrected chi connectivity index (χ2v) is 4.06. The molecule has 0 unspecified atom stereocenters. The van der Waals surface area contributed by atoms with Crippen LogP contribution in [0.15, 0.2) is 18.2 Å². The molecule has 2 rings (SSSR count). The molecule has 3 N–H and O–H groups in total. The number of H-pyrrole nitrogens is 1. The standard InChI is InChI=1S/C10H9ClN2S/c1-5-9(10(12)14)7-4-6(11)2-3-8(7)13-5/h2-4,13H,1H3,(H2,12,14). The average Bonchev–Trinajstić information content (AvgIpc) is 2.40. The van der Waals surface area contributed by atoms with Gasteiger partial charge in [0.25, 0.3) is 0 Å². The lowest BCUT2D eigenvalue weighted by molar-refractivity contribution is 1.29. The number of aromatic nitrogens is 1. The largest absolute Gasteiger partial charge is 0.389 e. The number of aromatic amines is 1. The number of nitrogens with one attached hydrogen (secondary N) is 1. The van der Waals surface area contributed by atoms with Crippen LogP contribution in [0.3, 0.4) is 0 Å². The summed E-state index contributed by atoms with van der Waals surface area (Å²) in [5, 5.41) is 1.68. The van der Waals surface area contributed by atoms with Gasteiger partial charge in [0, 0.05) is 27.2 Å². The lowest BCUT2D eigenvalue weighted by atomic mass is 10.1. The molecule has 0 aliphatic heterocycles. The van der Waals surface area contributed by atoms with Gasteiger partial charge in [0.2, 0.25) is 0 Å². The second-order valence-electron chi connectivity index (χ2n) is 3.18. The third-order valence-electron chi connectivity index (χ3n) is 2.19. The number of thiocarbonyl (C=S) groups is 1. The summed E-state index contributed by atoms with van der Waals surface area (Å²) >= 11 is 10.9. The number of nitrogens with two attached hydrogens (primary N) is 1. The molecule has 0 amide bonds. The topological polar surface area (TPSA) is 41.8 Å². The van der Waals surface area contributed by atoms with Crippen LogP contribution in [0.5, 0.6) is 0 Å². The van der Waals surface area contributed by atoms with Crippen LogP contribution in [0.1, 0.15) is 11.3 Å². The Kier molecular flexibility index (Phi) is 2.21. The monoisotopic (exact) mass is 224 g/mol. The summed E-state index contributed by atoms with van der Waals surface area (Å²) in [5.41, 5.74) is 8.52. The first-order valence-corrected chi connectivity index (χ1v) is 4.96. The zero-order valence-electron chi connectivity index (χ0n) is 7.60. The van der Waals surface area contributed by atoms with E-state index in [2.05, 4.69) is 4.98 Å². The molecule has 1 aromatic carbocycles. The molecule has 1 heterocycles. The van der Waals surface area contributed by atoms with Gasteiger partial charge in [-0.3, -0.25) is 0 Å². The quantitative estimate of drug-likeness (QED) is 0.732. The molecule has 2 aromatic rings. The van der Waals surface area contributed by atoms with E-state index in [9.17, 15) is 0 Å². The number of benzene rings is 1. The molecule has 2 nitrogen and oxygen atoms in total. The van der Waals surface area contributed by atoms with E-state index in [1.54, 1.807) is 0 Å². The molecule has 0 fully saturated rings. The van der Waals surface area contributed by atoms with Crippen molar-refractivity contribution < 1.29 is 0 Å². The number of aryl methyl sites for hydroxylation is 1. The molecule has 0 saturated heterocycles. The van der Waals surface area contributed by atoms with Crippen molar-refractivity contribution in [2.75, 3.05) is 0 Å². The first-order valence-electron chi connectivity index (χ1n) is 4.17. The number of fused-ring (bicyclic) bond motifs is 1. The van der Waals surface area contributed by atoms with Gasteiger partial charge < -0.3 is 10.7 Å². The van der Waals surface area contributed by atoms with Crippen molar-refractivity contribution in [3.8, 4) is 0 Å². The highest BCUT2D eigenvalue weighted by atomic mass is 35.5. The van der Waals surface area contributed by atoms with Crippen molar-refractivity contribution >= 4 is 39.7 Å². The van der Waals surface area contributed by atoms with Crippen molar-refractivity contribution in [3.05, 3.63) is 34.5 Å². The SMILES string of the molecule is Cc1[nH]c2ccc(Cl)cc2c1C(N)=S. The summed E-state index contributed by atoms with van der Waals surface area (Å²) in [7, 11) is 0. The van der Waals surface area contributed by atoms with Crippen LogP contribution in [0.2, 0.25) is 5.02 Å². The highest BCUT2D eigenvalue weighted by Gasteiger charge is 2.10. The molecule has 0 aliphatic rings. The zero-order valence-corrected chi connectivity index (χ0v) is 9.17. The van der Waals surface area contributed by atoms with Crippen LogP contribution in [0.4, 0.5) is 0 Å². The van der Waals surface area contributed by atoms with E-state index in [1.807, 2.05) is 25.1 Å². The molecule has 4 heteroatoms. The van der Waals surface area contributed by atoms with E-state index in [0.29, 0.717) is 10.0 Å². The minimum Gasteiger partial charge on any atom is -0.389 e. The fourth-order valence-corrected chi connectivity index (χ4v) is 2.05. The van der Waals surface area contributed by atoms with Gasteiger partial charge in [0.1, 0.15) is 4.99 Å².